The molecule has 0 aromatic heterocycles. The molecule has 0 bridgehead atoms. The van der Waals surface area contributed by atoms with Gasteiger partial charge in [-0.25, -0.2) is 0 Å². The van der Waals surface area contributed by atoms with Crippen LogP contribution in [0.15, 0.2) is 42.5 Å². The fourth-order valence-corrected chi connectivity index (χ4v) is 1.99. The highest BCUT2D eigenvalue weighted by molar-refractivity contribution is 5.20. The molecule has 1 fully saturated rings. The second kappa shape index (κ2) is 6.58. The predicted molar refractivity (Wildman–Crippen MR) is 68.8 cm³/mol. The van der Waals surface area contributed by atoms with E-state index in [1.807, 2.05) is 18.2 Å². The van der Waals surface area contributed by atoms with Crippen molar-refractivity contribution < 1.29 is 9.47 Å². The summed E-state index contributed by atoms with van der Waals surface area (Å²) < 4.78 is 11.2. The van der Waals surface area contributed by atoms with Crippen molar-refractivity contribution in [1.29, 1.82) is 0 Å². The Morgan fingerprint density at radius 2 is 2.12 bits per heavy atom. The van der Waals surface area contributed by atoms with Crippen LogP contribution in [0.3, 0.4) is 0 Å². The molecule has 0 radical (unpaired) electrons. The van der Waals surface area contributed by atoms with Crippen molar-refractivity contribution in [2.24, 2.45) is 0 Å². The smallest absolute Gasteiger partial charge is 0.158 e. The second-order valence-electron chi connectivity index (χ2n) is 4.52. The van der Waals surface area contributed by atoms with Gasteiger partial charge in [0.05, 0.1) is 6.61 Å². The summed E-state index contributed by atoms with van der Waals surface area (Å²) in [5.74, 6) is 0. The molecular weight excluding hydrogens is 212 g/mol. The van der Waals surface area contributed by atoms with Crippen LogP contribution in [0.5, 0.6) is 0 Å². The monoisotopic (exact) mass is 232 g/mol. The molecule has 0 amide bonds. The van der Waals surface area contributed by atoms with E-state index in [2.05, 4.69) is 18.7 Å². The topological polar surface area (TPSA) is 18.5 Å². The first-order chi connectivity index (χ1) is 8.34. The molecule has 1 unspecified atom stereocenters. The van der Waals surface area contributed by atoms with Gasteiger partial charge in [-0.2, -0.15) is 0 Å². The minimum atomic E-state index is -0.0173. The second-order valence-corrected chi connectivity index (χ2v) is 4.52. The van der Waals surface area contributed by atoms with Gasteiger partial charge in [-0.05, 0) is 36.8 Å². The highest BCUT2D eigenvalue weighted by Crippen LogP contribution is 2.15. The van der Waals surface area contributed by atoms with Gasteiger partial charge in [-0.1, -0.05) is 36.9 Å². The van der Waals surface area contributed by atoms with E-state index in [9.17, 15) is 0 Å². The third-order valence-corrected chi connectivity index (χ3v) is 2.91. The van der Waals surface area contributed by atoms with Crippen LogP contribution in [0.25, 0.3) is 0 Å². The van der Waals surface area contributed by atoms with Crippen LogP contribution in [0.4, 0.5) is 0 Å². The molecule has 1 aromatic rings. The zero-order valence-corrected chi connectivity index (χ0v) is 10.2. The lowest BCUT2D eigenvalue weighted by molar-refractivity contribution is -0.157. The number of hydrogen-bond donors (Lipinski definition) is 0. The molecule has 1 saturated heterocycles. The van der Waals surface area contributed by atoms with Gasteiger partial charge in [-0.3, -0.25) is 0 Å². The van der Waals surface area contributed by atoms with Gasteiger partial charge in [-0.15, -0.1) is 0 Å². The minimum Gasteiger partial charge on any atom is -0.353 e. The van der Waals surface area contributed by atoms with Crippen LogP contribution in [0, 0.1) is 0 Å². The first-order valence-corrected chi connectivity index (χ1v) is 6.28. The summed E-state index contributed by atoms with van der Waals surface area (Å²) in [6, 6.07) is 10.4. The maximum absolute atomic E-state index is 5.70. The van der Waals surface area contributed by atoms with E-state index in [4.69, 9.17) is 9.47 Å². The Morgan fingerprint density at radius 3 is 2.82 bits per heavy atom. The first kappa shape index (κ1) is 12.3. The molecule has 1 aromatic carbocycles. The molecule has 0 aliphatic carbocycles. The average Bonchev–Trinajstić information content (AvgIpc) is 2.39. The minimum absolute atomic E-state index is 0.0173. The quantitative estimate of drug-likeness (QED) is 0.725. The number of ether oxygens (including phenoxy) is 2. The van der Waals surface area contributed by atoms with Crippen LogP contribution >= 0.6 is 0 Å². The summed E-state index contributed by atoms with van der Waals surface area (Å²) in [6.07, 6.45) is 4.24. The average molecular weight is 232 g/mol. The number of rotatable bonds is 5. The summed E-state index contributed by atoms with van der Waals surface area (Å²) >= 11 is 0. The molecule has 0 spiro atoms. The van der Waals surface area contributed by atoms with Crippen LogP contribution in [0.1, 0.15) is 24.8 Å². The Bertz CT molecular complexity index is 339. The maximum Gasteiger partial charge on any atom is 0.158 e. The Balaban J connectivity index is 1.70. The van der Waals surface area contributed by atoms with Crippen molar-refractivity contribution in [3.05, 3.63) is 48.0 Å². The fourth-order valence-electron chi connectivity index (χ4n) is 1.99. The Hall–Kier alpha value is -1.12. The van der Waals surface area contributed by atoms with Gasteiger partial charge in [0.25, 0.3) is 0 Å². The van der Waals surface area contributed by atoms with E-state index < -0.39 is 0 Å². The molecule has 17 heavy (non-hydrogen) atoms. The lowest BCUT2D eigenvalue weighted by Crippen LogP contribution is -2.23. The van der Waals surface area contributed by atoms with Gasteiger partial charge >= 0.3 is 0 Å². The summed E-state index contributed by atoms with van der Waals surface area (Å²) in [5.41, 5.74) is 2.39. The Kier molecular flexibility index (Phi) is 4.77. The van der Waals surface area contributed by atoms with Crippen LogP contribution < -0.4 is 0 Å². The van der Waals surface area contributed by atoms with Gasteiger partial charge in [0.15, 0.2) is 6.29 Å². The Labute approximate surface area is 103 Å². The van der Waals surface area contributed by atoms with Crippen molar-refractivity contribution in [3.8, 4) is 0 Å². The first-order valence-electron chi connectivity index (χ1n) is 6.28. The van der Waals surface area contributed by atoms with Crippen LogP contribution in [0.2, 0.25) is 0 Å². The summed E-state index contributed by atoms with van der Waals surface area (Å²) in [4.78, 5) is 0. The zero-order chi connectivity index (χ0) is 11.9. The van der Waals surface area contributed by atoms with Crippen molar-refractivity contribution >= 4 is 0 Å². The summed E-state index contributed by atoms with van der Waals surface area (Å²) in [5, 5.41) is 0. The van der Waals surface area contributed by atoms with E-state index in [1.165, 1.54) is 12.0 Å². The van der Waals surface area contributed by atoms with E-state index in [0.29, 0.717) is 6.61 Å². The maximum atomic E-state index is 5.70. The van der Waals surface area contributed by atoms with E-state index in [0.717, 1.165) is 31.4 Å². The van der Waals surface area contributed by atoms with Gasteiger partial charge < -0.3 is 9.47 Å². The molecule has 1 aliphatic heterocycles. The molecule has 92 valence electrons. The molecule has 2 rings (SSSR count). The van der Waals surface area contributed by atoms with Gasteiger partial charge in [0.1, 0.15) is 0 Å². The van der Waals surface area contributed by atoms with Crippen LogP contribution in [-0.2, 0) is 15.9 Å². The molecule has 0 N–H and O–H groups in total. The van der Waals surface area contributed by atoms with Gasteiger partial charge in [0, 0.05) is 6.61 Å². The highest BCUT2D eigenvalue weighted by atomic mass is 16.7. The SMILES string of the molecule is C=C(COC1CCCCO1)Cc1ccccc1. The fraction of sp³-hybridized carbons (Fsp3) is 0.467. The summed E-state index contributed by atoms with van der Waals surface area (Å²) in [7, 11) is 0. The third-order valence-electron chi connectivity index (χ3n) is 2.91. The lowest BCUT2D eigenvalue weighted by Gasteiger charge is -2.23. The van der Waals surface area contributed by atoms with Gasteiger partial charge in [0.2, 0.25) is 0 Å². The molecule has 1 heterocycles. The van der Waals surface area contributed by atoms with Crippen molar-refractivity contribution in [2.45, 2.75) is 32.0 Å². The summed E-state index contributed by atoms with van der Waals surface area (Å²) in [6.45, 7) is 5.48. The van der Waals surface area contributed by atoms with E-state index in [-0.39, 0.29) is 6.29 Å². The standard InChI is InChI=1S/C15H20O2/c1-13(11-14-7-3-2-4-8-14)12-17-15-9-5-6-10-16-15/h2-4,7-8,15H,1,5-6,9-12H2. The highest BCUT2D eigenvalue weighted by Gasteiger charge is 2.14. The Morgan fingerprint density at radius 1 is 1.29 bits per heavy atom. The van der Waals surface area contributed by atoms with E-state index >= 15 is 0 Å². The molecule has 0 saturated carbocycles. The van der Waals surface area contributed by atoms with Crippen LogP contribution in [-0.4, -0.2) is 19.5 Å². The van der Waals surface area contributed by atoms with Crippen molar-refractivity contribution in [3.63, 3.8) is 0 Å². The number of hydrogen-bond acceptors (Lipinski definition) is 2. The molecule has 1 atom stereocenters. The normalized spacial score (nSPS) is 20.1. The molecule has 1 aliphatic rings. The lowest BCUT2D eigenvalue weighted by atomic mass is 10.1. The molecule has 2 heteroatoms. The van der Waals surface area contributed by atoms with Crippen molar-refractivity contribution in [1.82, 2.24) is 0 Å². The molecular formula is C15H20O2. The van der Waals surface area contributed by atoms with Crippen molar-refractivity contribution in [2.75, 3.05) is 13.2 Å². The zero-order valence-electron chi connectivity index (χ0n) is 10.2. The predicted octanol–water partition coefficient (Wildman–Crippen LogP) is 3.33. The third kappa shape index (κ3) is 4.33. The molecule has 2 nitrogen and oxygen atoms in total. The number of benzene rings is 1. The largest absolute Gasteiger partial charge is 0.353 e. The van der Waals surface area contributed by atoms with E-state index in [1.54, 1.807) is 0 Å².